The summed E-state index contributed by atoms with van der Waals surface area (Å²) < 4.78 is 1.81. The van der Waals surface area contributed by atoms with E-state index in [0.29, 0.717) is 4.99 Å². The molecule has 0 saturated carbocycles. The van der Waals surface area contributed by atoms with E-state index >= 15 is 0 Å². The second kappa shape index (κ2) is 6.29. The van der Waals surface area contributed by atoms with Gasteiger partial charge in [0.15, 0.2) is 0 Å². The van der Waals surface area contributed by atoms with Gasteiger partial charge in [0.25, 0.3) is 0 Å². The van der Waals surface area contributed by atoms with Gasteiger partial charge in [-0.25, -0.2) is 0 Å². The number of hydrogen-bond donors (Lipinski definition) is 2. The molecule has 0 aliphatic heterocycles. The van der Waals surface area contributed by atoms with Gasteiger partial charge in [-0.2, -0.15) is 0 Å². The van der Waals surface area contributed by atoms with Gasteiger partial charge in [-0.1, -0.05) is 23.5 Å². The Kier molecular flexibility index (Phi) is 4.46. The van der Waals surface area contributed by atoms with Gasteiger partial charge >= 0.3 is 0 Å². The summed E-state index contributed by atoms with van der Waals surface area (Å²) in [4.78, 5) is 0.416. The van der Waals surface area contributed by atoms with Crippen LogP contribution in [0, 0.1) is 6.92 Å². The van der Waals surface area contributed by atoms with Crippen LogP contribution in [0.2, 0.25) is 0 Å². The van der Waals surface area contributed by atoms with Gasteiger partial charge in [0, 0.05) is 30.5 Å². The summed E-state index contributed by atoms with van der Waals surface area (Å²) in [6.07, 6.45) is 4.49. The van der Waals surface area contributed by atoms with Gasteiger partial charge in [-0.15, -0.1) is 5.10 Å². The number of aryl methyl sites for hydroxylation is 2. The van der Waals surface area contributed by atoms with Crippen LogP contribution in [0.3, 0.4) is 0 Å². The summed E-state index contributed by atoms with van der Waals surface area (Å²) in [6, 6.07) is 6.02. The third kappa shape index (κ3) is 3.75. The van der Waals surface area contributed by atoms with Crippen LogP contribution in [0.5, 0.6) is 0 Å². The average molecular weight is 275 g/mol. The zero-order chi connectivity index (χ0) is 13.7. The number of rotatable bonds is 6. The molecule has 0 aliphatic rings. The molecule has 1 aromatic carbocycles. The summed E-state index contributed by atoms with van der Waals surface area (Å²) in [5, 5.41) is 11.1. The van der Waals surface area contributed by atoms with Crippen molar-refractivity contribution in [3.05, 3.63) is 41.7 Å². The van der Waals surface area contributed by atoms with Gasteiger partial charge in [0.2, 0.25) is 0 Å². The fraction of sp³-hybridized carbons (Fsp3) is 0.308. The number of anilines is 1. The Balaban J connectivity index is 1.91. The number of thiocarbonyl (C=S) groups is 1. The van der Waals surface area contributed by atoms with Crippen molar-refractivity contribution in [1.82, 2.24) is 15.0 Å². The Labute approximate surface area is 117 Å². The predicted octanol–water partition coefficient (Wildman–Crippen LogP) is 1.72. The normalized spacial score (nSPS) is 10.4. The molecule has 0 bridgehead atoms. The number of hydrogen-bond acceptors (Lipinski definition) is 4. The van der Waals surface area contributed by atoms with Crippen LogP contribution in [0.1, 0.15) is 17.5 Å². The van der Waals surface area contributed by atoms with Crippen molar-refractivity contribution in [3.8, 4) is 0 Å². The molecule has 0 radical (unpaired) electrons. The summed E-state index contributed by atoms with van der Waals surface area (Å²) in [5.74, 6) is 0. The summed E-state index contributed by atoms with van der Waals surface area (Å²) in [7, 11) is 0. The lowest BCUT2D eigenvalue weighted by atomic mass is 10.1. The number of nitrogens with two attached hydrogens (primary N) is 1. The molecule has 1 aromatic heterocycles. The van der Waals surface area contributed by atoms with E-state index in [2.05, 4.69) is 21.7 Å². The highest BCUT2D eigenvalue weighted by Crippen LogP contribution is 2.17. The molecule has 0 fully saturated rings. The first-order valence-corrected chi connectivity index (χ1v) is 6.56. The van der Waals surface area contributed by atoms with Crippen LogP contribution < -0.4 is 11.1 Å². The molecule has 3 N–H and O–H groups in total. The van der Waals surface area contributed by atoms with E-state index in [4.69, 9.17) is 18.0 Å². The largest absolute Gasteiger partial charge is 0.389 e. The standard InChI is InChI=1S/C13H17N5S/c1-10-3-4-11(13(14)19)12(9-10)15-5-2-7-18-8-6-16-17-18/h3-4,6,8-9,15H,2,5,7H2,1H3,(H2,14,19). The van der Waals surface area contributed by atoms with E-state index in [1.807, 2.05) is 29.9 Å². The first-order valence-electron chi connectivity index (χ1n) is 6.15. The van der Waals surface area contributed by atoms with Crippen LogP contribution >= 0.6 is 12.2 Å². The monoisotopic (exact) mass is 275 g/mol. The van der Waals surface area contributed by atoms with Crippen molar-refractivity contribution in [3.63, 3.8) is 0 Å². The highest BCUT2D eigenvalue weighted by atomic mass is 32.1. The molecule has 0 unspecified atom stereocenters. The minimum absolute atomic E-state index is 0.416. The highest BCUT2D eigenvalue weighted by Gasteiger charge is 2.04. The van der Waals surface area contributed by atoms with Gasteiger partial charge < -0.3 is 11.1 Å². The van der Waals surface area contributed by atoms with E-state index in [0.717, 1.165) is 30.8 Å². The second-order valence-corrected chi connectivity index (χ2v) is 4.80. The van der Waals surface area contributed by atoms with E-state index < -0.39 is 0 Å². The average Bonchev–Trinajstić information content (AvgIpc) is 2.87. The van der Waals surface area contributed by atoms with Crippen LogP contribution in [-0.2, 0) is 6.54 Å². The first-order chi connectivity index (χ1) is 9.16. The summed E-state index contributed by atoms with van der Waals surface area (Å²) in [6.45, 7) is 3.71. The predicted molar refractivity (Wildman–Crippen MR) is 80.2 cm³/mol. The molecule has 0 spiro atoms. The van der Waals surface area contributed by atoms with E-state index in [-0.39, 0.29) is 0 Å². The lowest BCUT2D eigenvalue weighted by molar-refractivity contribution is 0.570. The lowest BCUT2D eigenvalue weighted by Gasteiger charge is -2.12. The fourth-order valence-corrected chi connectivity index (χ4v) is 2.01. The van der Waals surface area contributed by atoms with Crippen molar-refractivity contribution in [2.45, 2.75) is 19.9 Å². The zero-order valence-corrected chi connectivity index (χ0v) is 11.7. The maximum absolute atomic E-state index is 5.72. The van der Waals surface area contributed by atoms with Gasteiger partial charge in [-0.3, -0.25) is 4.68 Å². The first kappa shape index (κ1) is 13.5. The SMILES string of the molecule is Cc1ccc(C(N)=S)c(NCCCn2ccnn2)c1. The third-order valence-corrected chi connectivity index (χ3v) is 3.01. The van der Waals surface area contributed by atoms with E-state index in [1.165, 1.54) is 5.56 Å². The molecule has 2 rings (SSSR count). The van der Waals surface area contributed by atoms with E-state index in [9.17, 15) is 0 Å². The Morgan fingerprint density at radius 2 is 2.32 bits per heavy atom. The molecule has 0 atom stereocenters. The number of nitrogens with one attached hydrogen (secondary N) is 1. The van der Waals surface area contributed by atoms with Crippen molar-refractivity contribution in [1.29, 1.82) is 0 Å². The van der Waals surface area contributed by atoms with E-state index in [1.54, 1.807) is 6.20 Å². The van der Waals surface area contributed by atoms with Gasteiger partial charge in [0.05, 0.1) is 6.20 Å². The Morgan fingerprint density at radius 3 is 3.00 bits per heavy atom. The molecule has 5 nitrogen and oxygen atoms in total. The quantitative estimate of drug-likeness (QED) is 0.620. The van der Waals surface area contributed by atoms with Crippen LogP contribution in [0.15, 0.2) is 30.6 Å². The van der Waals surface area contributed by atoms with Gasteiger partial charge in [-0.05, 0) is 31.0 Å². The zero-order valence-electron chi connectivity index (χ0n) is 10.8. The highest BCUT2D eigenvalue weighted by molar-refractivity contribution is 7.80. The third-order valence-electron chi connectivity index (χ3n) is 2.79. The number of aromatic nitrogens is 3. The molecule has 1 heterocycles. The van der Waals surface area contributed by atoms with Crippen molar-refractivity contribution >= 4 is 22.9 Å². The molecule has 0 aliphatic carbocycles. The Bertz CT molecular complexity index is 550. The fourth-order valence-electron chi connectivity index (χ4n) is 1.84. The topological polar surface area (TPSA) is 68.8 Å². The maximum Gasteiger partial charge on any atom is 0.106 e. The molecule has 0 saturated heterocycles. The molecule has 2 aromatic rings. The summed E-state index contributed by atoms with van der Waals surface area (Å²) in [5.41, 5.74) is 8.78. The molecular weight excluding hydrogens is 258 g/mol. The van der Waals surface area contributed by atoms with Crippen LogP contribution in [0.4, 0.5) is 5.69 Å². The lowest BCUT2D eigenvalue weighted by Crippen LogP contribution is -2.14. The van der Waals surface area contributed by atoms with Gasteiger partial charge in [0.1, 0.15) is 4.99 Å². The second-order valence-electron chi connectivity index (χ2n) is 4.36. The Hall–Kier alpha value is -1.95. The van der Waals surface area contributed by atoms with Crippen molar-refractivity contribution < 1.29 is 0 Å². The molecule has 6 heteroatoms. The molecular formula is C13H17N5S. The number of benzene rings is 1. The van der Waals surface area contributed by atoms with Crippen molar-refractivity contribution in [2.24, 2.45) is 5.73 Å². The van der Waals surface area contributed by atoms with Crippen LogP contribution in [0.25, 0.3) is 0 Å². The Morgan fingerprint density at radius 1 is 1.47 bits per heavy atom. The molecule has 100 valence electrons. The maximum atomic E-state index is 5.72. The van der Waals surface area contributed by atoms with Crippen molar-refractivity contribution in [2.75, 3.05) is 11.9 Å². The smallest absolute Gasteiger partial charge is 0.106 e. The molecule has 19 heavy (non-hydrogen) atoms. The molecule has 0 amide bonds. The summed E-state index contributed by atoms with van der Waals surface area (Å²) >= 11 is 5.05. The van der Waals surface area contributed by atoms with Crippen LogP contribution in [-0.4, -0.2) is 26.5 Å². The number of nitrogens with zero attached hydrogens (tertiary/aromatic N) is 3. The minimum atomic E-state index is 0.416. The minimum Gasteiger partial charge on any atom is -0.389 e.